The molecule has 1 fully saturated rings. The minimum Gasteiger partial charge on any atom is -0.344 e. The molecule has 0 saturated carbocycles. The largest absolute Gasteiger partial charge is 0.344 e. The van der Waals surface area contributed by atoms with E-state index in [1.165, 1.54) is 5.56 Å². The summed E-state index contributed by atoms with van der Waals surface area (Å²) in [6.07, 6.45) is 1.24. The minimum absolute atomic E-state index is 0.0352. The van der Waals surface area contributed by atoms with Crippen LogP contribution < -0.4 is 5.32 Å². The summed E-state index contributed by atoms with van der Waals surface area (Å²) in [4.78, 5) is 30.1. The van der Waals surface area contributed by atoms with Gasteiger partial charge in [-0.25, -0.2) is 0 Å². The molecular formula is C25H33N3O2. The average molecular weight is 408 g/mol. The first-order chi connectivity index (χ1) is 14.5. The van der Waals surface area contributed by atoms with Crippen molar-refractivity contribution in [2.75, 3.05) is 26.2 Å². The fourth-order valence-corrected chi connectivity index (χ4v) is 3.91. The smallest absolute Gasteiger partial charge is 0.245 e. The summed E-state index contributed by atoms with van der Waals surface area (Å²) < 4.78 is 0. The first-order valence-corrected chi connectivity index (χ1v) is 10.9. The fourth-order valence-electron chi connectivity index (χ4n) is 3.91. The number of nitrogens with zero attached hydrogens (tertiary/aromatic N) is 2. The maximum atomic E-state index is 13.2. The van der Waals surface area contributed by atoms with Crippen LogP contribution in [0.25, 0.3) is 0 Å². The number of nitrogens with one attached hydrogen (secondary N) is 1. The Labute approximate surface area is 180 Å². The Bertz CT molecular complexity index is 808. The van der Waals surface area contributed by atoms with Gasteiger partial charge in [-0.15, -0.1) is 0 Å². The summed E-state index contributed by atoms with van der Waals surface area (Å²) in [5.74, 6) is -0.0253. The van der Waals surface area contributed by atoms with E-state index in [9.17, 15) is 9.59 Å². The number of hydrogen-bond donors (Lipinski definition) is 1. The summed E-state index contributed by atoms with van der Waals surface area (Å²) in [7, 11) is 0. The molecule has 0 bridgehead atoms. The second-order valence-electron chi connectivity index (χ2n) is 8.39. The van der Waals surface area contributed by atoms with Gasteiger partial charge in [0, 0.05) is 32.7 Å². The van der Waals surface area contributed by atoms with Crippen molar-refractivity contribution >= 4 is 11.8 Å². The Morgan fingerprint density at radius 2 is 1.50 bits per heavy atom. The molecule has 5 nitrogen and oxygen atoms in total. The molecule has 1 aliphatic heterocycles. The molecule has 0 spiro atoms. The predicted octanol–water partition coefficient (Wildman–Crippen LogP) is 3.10. The Morgan fingerprint density at radius 3 is 2.13 bits per heavy atom. The summed E-state index contributed by atoms with van der Waals surface area (Å²) in [5.41, 5.74) is 2.25. The molecule has 1 N–H and O–H groups in total. The molecule has 1 unspecified atom stereocenters. The minimum atomic E-state index is -0.484. The van der Waals surface area contributed by atoms with Gasteiger partial charge < -0.3 is 10.2 Å². The van der Waals surface area contributed by atoms with E-state index in [1.54, 1.807) is 0 Å². The molecule has 1 atom stereocenters. The molecule has 5 heteroatoms. The van der Waals surface area contributed by atoms with Crippen molar-refractivity contribution in [2.45, 2.75) is 39.3 Å². The van der Waals surface area contributed by atoms with Crippen molar-refractivity contribution < 1.29 is 9.59 Å². The highest BCUT2D eigenvalue weighted by molar-refractivity contribution is 5.88. The Kier molecular flexibility index (Phi) is 8.03. The van der Waals surface area contributed by atoms with Gasteiger partial charge in [-0.3, -0.25) is 14.5 Å². The lowest BCUT2D eigenvalue weighted by Gasteiger charge is -2.29. The predicted molar refractivity (Wildman–Crippen MR) is 120 cm³/mol. The zero-order chi connectivity index (χ0) is 21.3. The summed E-state index contributed by atoms with van der Waals surface area (Å²) in [6, 6.07) is 19.6. The van der Waals surface area contributed by atoms with Gasteiger partial charge in [-0.2, -0.15) is 0 Å². The quantitative estimate of drug-likeness (QED) is 0.767. The van der Waals surface area contributed by atoms with E-state index in [-0.39, 0.29) is 17.7 Å². The van der Waals surface area contributed by atoms with Crippen LogP contribution in [0.15, 0.2) is 60.7 Å². The van der Waals surface area contributed by atoms with Crippen molar-refractivity contribution in [1.82, 2.24) is 15.1 Å². The number of hydrogen-bond acceptors (Lipinski definition) is 3. The zero-order valence-corrected chi connectivity index (χ0v) is 18.1. The van der Waals surface area contributed by atoms with E-state index in [4.69, 9.17) is 0 Å². The molecule has 160 valence electrons. The molecule has 0 aliphatic carbocycles. The van der Waals surface area contributed by atoms with Gasteiger partial charge in [0.25, 0.3) is 0 Å². The van der Waals surface area contributed by atoms with Crippen LogP contribution in [0.3, 0.4) is 0 Å². The third-order valence-corrected chi connectivity index (χ3v) is 5.61. The van der Waals surface area contributed by atoms with Crippen LogP contribution >= 0.6 is 0 Å². The van der Waals surface area contributed by atoms with Crippen LogP contribution in [-0.2, 0) is 22.6 Å². The van der Waals surface area contributed by atoms with Gasteiger partial charge in [0.05, 0.1) is 6.42 Å². The van der Waals surface area contributed by atoms with Crippen molar-refractivity contribution in [2.24, 2.45) is 5.92 Å². The highest BCUT2D eigenvalue weighted by Gasteiger charge is 2.29. The zero-order valence-electron chi connectivity index (χ0n) is 18.1. The first kappa shape index (κ1) is 22.0. The van der Waals surface area contributed by atoms with Crippen LogP contribution in [0.5, 0.6) is 0 Å². The maximum absolute atomic E-state index is 13.2. The van der Waals surface area contributed by atoms with E-state index in [1.807, 2.05) is 55.1 Å². The lowest BCUT2D eigenvalue weighted by molar-refractivity contribution is -0.137. The third-order valence-electron chi connectivity index (χ3n) is 5.61. The Morgan fingerprint density at radius 1 is 0.867 bits per heavy atom. The number of benzene rings is 2. The summed E-state index contributed by atoms with van der Waals surface area (Å²) in [5, 5.41) is 2.99. The number of amides is 2. The third kappa shape index (κ3) is 6.42. The van der Waals surface area contributed by atoms with Gasteiger partial charge >= 0.3 is 0 Å². The fraction of sp³-hybridized carbons (Fsp3) is 0.440. The summed E-state index contributed by atoms with van der Waals surface area (Å²) >= 11 is 0. The van der Waals surface area contributed by atoms with Crippen LogP contribution in [0, 0.1) is 5.92 Å². The number of carbonyl (C=O) groups excluding carboxylic acids is 2. The van der Waals surface area contributed by atoms with Crippen molar-refractivity contribution in [1.29, 1.82) is 0 Å². The second-order valence-corrected chi connectivity index (χ2v) is 8.39. The molecule has 30 heavy (non-hydrogen) atoms. The second kappa shape index (κ2) is 10.9. The van der Waals surface area contributed by atoms with Crippen molar-refractivity contribution in [3.05, 3.63) is 71.8 Å². The highest BCUT2D eigenvalue weighted by atomic mass is 16.2. The van der Waals surface area contributed by atoms with Crippen molar-refractivity contribution in [3.8, 4) is 0 Å². The van der Waals surface area contributed by atoms with Crippen LogP contribution in [0.2, 0.25) is 0 Å². The topological polar surface area (TPSA) is 52.7 Å². The Balaban J connectivity index is 1.56. The molecule has 1 aliphatic rings. The lowest BCUT2D eigenvalue weighted by Crippen LogP contribution is -2.52. The molecular weight excluding hydrogens is 374 g/mol. The molecule has 2 aromatic carbocycles. The van der Waals surface area contributed by atoms with Gasteiger partial charge in [-0.1, -0.05) is 74.5 Å². The lowest BCUT2D eigenvalue weighted by atomic mass is 10.0. The van der Waals surface area contributed by atoms with E-state index in [2.05, 4.69) is 34.5 Å². The molecule has 0 radical (unpaired) electrons. The molecule has 0 aromatic heterocycles. The average Bonchev–Trinajstić information content (AvgIpc) is 2.98. The standard InChI is InChI=1S/C25H33N3O2/c1-20(2)24(26-23(29)18-21-10-5-3-6-11-21)25(30)28-15-9-14-27(16-17-28)19-22-12-7-4-8-13-22/h3-8,10-13,20,24H,9,14-19H2,1-2H3,(H,26,29). The van der Waals surface area contributed by atoms with Gasteiger partial charge in [0.15, 0.2) is 0 Å². The molecule has 1 heterocycles. The number of carbonyl (C=O) groups is 2. The number of rotatable bonds is 7. The van der Waals surface area contributed by atoms with E-state index >= 15 is 0 Å². The molecule has 2 aromatic rings. The Hall–Kier alpha value is -2.66. The van der Waals surface area contributed by atoms with E-state index in [0.717, 1.165) is 38.2 Å². The monoisotopic (exact) mass is 407 g/mol. The normalized spacial score (nSPS) is 16.2. The molecule has 3 rings (SSSR count). The highest BCUT2D eigenvalue weighted by Crippen LogP contribution is 2.13. The van der Waals surface area contributed by atoms with E-state index < -0.39 is 6.04 Å². The van der Waals surface area contributed by atoms with Gasteiger partial charge in [0.1, 0.15) is 6.04 Å². The maximum Gasteiger partial charge on any atom is 0.245 e. The summed E-state index contributed by atoms with van der Waals surface area (Å²) in [6.45, 7) is 8.15. The van der Waals surface area contributed by atoms with Gasteiger partial charge in [-0.05, 0) is 23.5 Å². The van der Waals surface area contributed by atoms with Crippen LogP contribution in [0.4, 0.5) is 0 Å². The first-order valence-electron chi connectivity index (χ1n) is 10.9. The van der Waals surface area contributed by atoms with Crippen LogP contribution in [0.1, 0.15) is 31.4 Å². The van der Waals surface area contributed by atoms with Gasteiger partial charge in [0.2, 0.25) is 11.8 Å². The van der Waals surface area contributed by atoms with Crippen LogP contribution in [-0.4, -0.2) is 53.8 Å². The van der Waals surface area contributed by atoms with E-state index in [0.29, 0.717) is 13.0 Å². The molecule has 2 amide bonds. The van der Waals surface area contributed by atoms with Crippen molar-refractivity contribution in [3.63, 3.8) is 0 Å². The SMILES string of the molecule is CC(C)C(NC(=O)Cc1ccccc1)C(=O)N1CCCN(Cc2ccccc2)CC1. The molecule has 1 saturated heterocycles.